The predicted molar refractivity (Wildman–Crippen MR) is 197 cm³/mol. The molecule has 0 aliphatic carbocycles. The fraction of sp³-hybridized carbons (Fsp3) is 0.325. The monoisotopic (exact) mass is 702 g/mol. The lowest BCUT2D eigenvalue weighted by Gasteiger charge is -2.37. The number of aromatic nitrogens is 2. The zero-order chi connectivity index (χ0) is 35.7. The summed E-state index contributed by atoms with van der Waals surface area (Å²) in [6.45, 7) is 6.12. The zero-order valence-corrected chi connectivity index (χ0v) is 30.0. The quantitative estimate of drug-likeness (QED) is 0.205. The van der Waals surface area contributed by atoms with E-state index in [-0.39, 0.29) is 36.4 Å². The number of nitrogens with one attached hydrogen (secondary N) is 1. The van der Waals surface area contributed by atoms with Crippen LogP contribution < -0.4 is 10.5 Å². The Balaban J connectivity index is 1.22. The molecule has 3 aliphatic rings. The molecule has 0 radical (unpaired) electrons. The second-order valence-corrected chi connectivity index (χ2v) is 18.7. The second-order valence-electron chi connectivity index (χ2n) is 14.8. The minimum absolute atomic E-state index is 0.0467. The number of rotatable bonds is 7. The van der Waals surface area contributed by atoms with Gasteiger partial charge >= 0.3 is 0 Å². The molecule has 0 unspecified atom stereocenters. The number of fused-ring (bicyclic) bond motifs is 4. The van der Waals surface area contributed by atoms with Gasteiger partial charge in [0.1, 0.15) is 0 Å². The third-order valence-electron chi connectivity index (χ3n) is 11.3. The lowest BCUT2D eigenvalue weighted by Crippen LogP contribution is -2.48. The SMILES string of the molecule is C[C@@H]1[C@@H]([Si](C)(C)O)[C@H](CC(=O)N2Cc3ccccc3C[C@H]2CO)O[C@@]12C(=O)N(Cc1ccccc1)c1ccc(-n3[nH]c4ccccc4c3=O)cc12. The first kappa shape index (κ1) is 33.3. The minimum atomic E-state index is -3.08. The molecule has 3 aliphatic heterocycles. The highest BCUT2D eigenvalue weighted by Crippen LogP contribution is 2.60. The van der Waals surface area contributed by atoms with E-state index >= 15 is 4.79 Å². The number of amides is 2. The number of benzene rings is 4. The Labute approximate surface area is 297 Å². The number of aliphatic hydroxyl groups excluding tert-OH is 1. The molecule has 0 saturated carbocycles. The van der Waals surface area contributed by atoms with E-state index in [1.165, 1.54) is 4.68 Å². The Morgan fingerprint density at radius 1 is 0.961 bits per heavy atom. The Kier molecular flexibility index (Phi) is 8.14. The third-order valence-corrected chi connectivity index (χ3v) is 13.8. The summed E-state index contributed by atoms with van der Waals surface area (Å²) in [4.78, 5) is 58.1. The molecule has 1 aromatic heterocycles. The summed E-state index contributed by atoms with van der Waals surface area (Å²) in [6, 6.07) is 30.1. The summed E-state index contributed by atoms with van der Waals surface area (Å²) < 4.78 is 8.51. The zero-order valence-electron chi connectivity index (χ0n) is 29.0. The minimum Gasteiger partial charge on any atom is -0.432 e. The molecule has 4 aromatic carbocycles. The highest BCUT2D eigenvalue weighted by molar-refractivity contribution is 6.71. The van der Waals surface area contributed by atoms with E-state index in [2.05, 4.69) is 5.10 Å². The van der Waals surface area contributed by atoms with Gasteiger partial charge in [-0.05, 0) is 66.5 Å². The van der Waals surface area contributed by atoms with Crippen LogP contribution in [0, 0.1) is 5.92 Å². The topological polar surface area (TPSA) is 128 Å². The highest BCUT2D eigenvalue weighted by Gasteiger charge is 2.66. The van der Waals surface area contributed by atoms with E-state index in [1.54, 1.807) is 15.9 Å². The Morgan fingerprint density at radius 3 is 2.39 bits per heavy atom. The standard InChI is InChI=1S/C40H42N4O6Si/c1-25-37(51(2,3)49)35(21-36(46)42-23-28-14-8-7-13-27(28)19-30(42)24-45)50-40(25)32-20-29(44-38(47)31-15-9-10-16-33(31)41-44)17-18-34(32)43(39(40)48)22-26-11-5-4-6-12-26/h4-18,20,25,30,35,37,41,45,49H,19,21-24H2,1-3H3/t25-,30+,35+,37-,40+/m1/s1. The maximum atomic E-state index is 15.0. The largest absolute Gasteiger partial charge is 0.432 e. The maximum Gasteiger partial charge on any atom is 0.279 e. The summed E-state index contributed by atoms with van der Waals surface area (Å²) in [7, 11) is -3.08. The number of anilines is 1. The molecular weight excluding hydrogens is 661 g/mol. The predicted octanol–water partition coefficient (Wildman–Crippen LogP) is 5.00. The van der Waals surface area contributed by atoms with E-state index in [9.17, 15) is 19.5 Å². The van der Waals surface area contributed by atoms with Gasteiger partial charge in [-0.15, -0.1) is 0 Å². The number of para-hydroxylation sites is 1. The van der Waals surface area contributed by atoms with Gasteiger partial charge in [0.2, 0.25) is 5.91 Å². The van der Waals surface area contributed by atoms with Gasteiger partial charge in [-0.1, -0.05) is 73.7 Å². The second kappa shape index (κ2) is 12.4. The first-order valence-corrected chi connectivity index (χ1v) is 20.6. The summed E-state index contributed by atoms with van der Waals surface area (Å²) in [5.41, 5.74) is 3.42. The number of hydrogen-bond acceptors (Lipinski definition) is 6. The van der Waals surface area contributed by atoms with E-state index < -0.39 is 31.5 Å². The number of carbonyl (C=O) groups excluding carboxylic acids is 2. The number of aliphatic hydroxyl groups is 1. The molecule has 262 valence electrons. The number of ether oxygens (including phenoxy) is 1. The molecule has 1 fully saturated rings. The van der Waals surface area contributed by atoms with Gasteiger partial charge in [0.15, 0.2) is 13.9 Å². The van der Waals surface area contributed by atoms with Crippen LogP contribution in [-0.2, 0) is 39.4 Å². The first-order chi connectivity index (χ1) is 24.5. The van der Waals surface area contributed by atoms with E-state index in [0.29, 0.717) is 47.4 Å². The molecule has 2 amide bonds. The van der Waals surface area contributed by atoms with Gasteiger partial charge < -0.3 is 24.4 Å². The smallest absolute Gasteiger partial charge is 0.279 e. The van der Waals surface area contributed by atoms with Crippen molar-refractivity contribution in [3.63, 3.8) is 0 Å². The normalized spacial score (nSPS) is 24.4. The first-order valence-electron chi connectivity index (χ1n) is 17.6. The lowest BCUT2D eigenvalue weighted by atomic mass is 9.82. The molecule has 10 nitrogen and oxygen atoms in total. The molecule has 1 saturated heterocycles. The van der Waals surface area contributed by atoms with Crippen molar-refractivity contribution in [1.82, 2.24) is 14.7 Å². The Morgan fingerprint density at radius 2 is 1.67 bits per heavy atom. The van der Waals surface area contributed by atoms with Crippen LogP contribution in [0.25, 0.3) is 16.6 Å². The molecule has 3 N–H and O–H groups in total. The van der Waals surface area contributed by atoms with Crippen LogP contribution in [0.4, 0.5) is 5.69 Å². The molecule has 0 bridgehead atoms. The van der Waals surface area contributed by atoms with Crippen molar-refractivity contribution in [3.05, 3.63) is 130 Å². The van der Waals surface area contributed by atoms with Crippen molar-refractivity contribution in [2.75, 3.05) is 11.5 Å². The third kappa shape index (κ3) is 5.38. The van der Waals surface area contributed by atoms with Gasteiger partial charge in [0, 0.05) is 23.6 Å². The fourth-order valence-electron chi connectivity index (χ4n) is 8.90. The van der Waals surface area contributed by atoms with Crippen LogP contribution in [0.1, 0.15) is 35.6 Å². The lowest BCUT2D eigenvalue weighted by molar-refractivity contribution is -0.151. The van der Waals surface area contributed by atoms with Gasteiger partial charge in [-0.2, -0.15) is 0 Å². The number of aromatic amines is 1. The van der Waals surface area contributed by atoms with E-state index in [4.69, 9.17) is 4.74 Å². The van der Waals surface area contributed by atoms with Gasteiger partial charge in [-0.25, -0.2) is 4.68 Å². The maximum absolute atomic E-state index is 15.0. The van der Waals surface area contributed by atoms with Crippen molar-refractivity contribution < 1.29 is 24.2 Å². The van der Waals surface area contributed by atoms with Crippen LogP contribution in [0.15, 0.2) is 102 Å². The molecular formula is C40H42N4O6Si. The summed E-state index contributed by atoms with van der Waals surface area (Å²) >= 11 is 0. The molecule has 5 atom stereocenters. The van der Waals surface area contributed by atoms with Crippen LogP contribution in [0.2, 0.25) is 18.6 Å². The fourth-order valence-corrected chi connectivity index (χ4v) is 11.5. The van der Waals surface area contributed by atoms with E-state index in [0.717, 1.165) is 16.7 Å². The van der Waals surface area contributed by atoms with Crippen LogP contribution in [-0.4, -0.2) is 63.5 Å². The van der Waals surface area contributed by atoms with Crippen LogP contribution >= 0.6 is 0 Å². The molecule has 1 spiro atoms. The van der Waals surface area contributed by atoms with Crippen molar-refractivity contribution in [2.24, 2.45) is 5.92 Å². The number of nitrogens with zero attached hydrogens (tertiary/aromatic N) is 3. The Hall–Kier alpha value is -4.81. The Bertz CT molecular complexity index is 2210. The van der Waals surface area contributed by atoms with Gasteiger partial charge in [0.25, 0.3) is 11.5 Å². The molecule has 51 heavy (non-hydrogen) atoms. The highest BCUT2D eigenvalue weighted by atomic mass is 28.4. The van der Waals surface area contributed by atoms with Crippen molar-refractivity contribution in [3.8, 4) is 5.69 Å². The summed E-state index contributed by atoms with van der Waals surface area (Å²) in [6.07, 6.45) is -0.262. The molecule has 5 aromatic rings. The van der Waals surface area contributed by atoms with Crippen molar-refractivity contribution in [1.29, 1.82) is 0 Å². The molecule has 4 heterocycles. The average molecular weight is 703 g/mol. The number of carbonyl (C=O) groups is 2. The number of H-pyrrole nitrogens is 1. The van der Waals surface area contributed by atoms with Gasteiger partial charge in [-0.3, -0.25) is 19.5 Å². The molecule has 11 heteroatoms. The average Bonchev–Trinajstić information content (AvgIpc) is 3.71. The van der Waals surface area contributed by atoms with Gasteiger partial charge in [0.05, 0.1) is 54.0 Å². The van der Waals surface area contributed by atoms with Crippen molar-refractivity contribution in [2.45, 2.75) is 69.2 Å². The van der Waals surface area contributed by atoms with Crippen LogP contribution in [0.5, 0.6) is 0 Å². The summed E-state index contributed by atoms with van der Waals surface area (Å²) in [5, 5.41) is 14.1. The number of hydrogen-bond donors (Lipinski definition) is 3. The van der Waals surface area contributed by atoms with Crippen molar-refractivity contribution >= 4 is 36.7 Å². The molecule has 8 rings (SSSR count). The van der Waals surface area contributed by atoms with Crippen LogP contribution in [0.3, 0.4) is 0 Å². The van der Waals surface area contributed by atoms with E-state index in [1.807, 2.05) is 111 Å². The summed E-state index contributed by atoms with van der Waals surface area (Å²) in [5.74, 6) is -0.945.